The van der Waals surface area contributed by atoms with Crippen LogP contribution in [0.3, 0.4) is 0 Å². The van der Waals surface area contributed by atoms with E-state index in [4.69, 9.17) is 28.3 Å². The second-order valence-corrected chi connectivity index (χ2v) is 5.89. The lowest BCUT2D eigenvalue weighted by Gasteiger charge is -2.13. The molecule has 7 heteroatoms. The molecule has 3 N–H and O–H groups in total. The second kappa shape index (κ2) is 7.63. The van der Waals surface area contributed by atoms with E-state index in [0.717, 1.165) is 0 Å². The van der Waals surface area contributed by atoms with Gasteiger partial charge in [0.25, 0.3) is 5.91 Å². The van der Waals surface area contributed by atoms with E-state index in [1.807, 2.05) is 12.2 Å². The minimum atomic E-state index is -0.438. The van der Waals surface area contributed by atoms with Gasteiger partial charge in [-0.1, -0.05) is 35.4 Å². The summed E-state index contributed by atoms with van der Waals surface area (Å²) in [7, 11) is 0. The predicted molar refractivity (Wildman–Crippen MR) is 85.1 cm³/mol. The maximum Gasteiger partial charge on any atom is 0.253 e. The number of halogens is 2. The minimum absolute atomic E-state index is 0.0642. The van der Waals surface area contributed by atoms with Crippen LogP contribution in [0.5, 0.6) is 0 Å². The van der Waals surface area contributed by atoms with Crippen LogP contribution in [0.15, 0.2) is 30.4 Å². The zero-order valence-corrected chi connectivity index (χ0v) is 13.2. The molecule has 0 aromatic heterocycles. The Hall–Kier alpha value is -1.56. The lowest BCUT2D eigenvalue weighted by molar-refractivity contribution is -0.120. The van der Waals surface area contributed by atoms with Crippen LogP contribution >= 0.6 is 23.2 Å². The highest BCUT2D eigenvalue weighted by atomic mass is 35.5. The molecular formula is C15H16Cl2N2O3. The van der Waals surface area contributed by atoms with Crippen LogP contribution in [-0.4, -0.2) is 36.1 Å². The normalized spacial score (nSPS) is 20.0. The Bertz CT molecular complexity index is 604. The summed E-state index contributed by atoms with van der Waals surface area (Å²) < 4.78 is 0. The third kappa shape index (κ3) is 4.47. The summed E-state index contributed by atoms with van der Waals surface area (Å²) in [4.78, 5) is 23.7. The SMILES string of the molecule is O=C(CNC(=O)c1ccc(Cl)cc1Cl)N[C@@H]1C=C[C@H](CO)C1. The van der Waals surface area contributed by atoms with Gasteiger partial charge in [0, 0.05) is 23.6 Å². The number of aliphatic hydroxyl groups is 1. The highest BCUT2D eigenvalue weighted by molar-refractivity contribution is 6.36. The Morgan fingerprint density at radius 2 is 2.05 bits per heavy atom. The van der Waals surface area contributed by atoms with Crippen LogP contribution in [0.4, 0.5) is 0 Å². The number of amides is 2. The number of hydrogen-bond acceptors (Lipinski definition) is 3. The molecule has 2 amide bonds. The van der Waals surface area contributed by atoms with Gasteiger partial charge in [-0.25, -0.2) is 0 Å². The summed E-state index contributed by atoms with van der Waals surface area (Å²) in [5, 5.41) is 15.0. The Balaban J connectivity index is 1.81. The summed E-state index contributed by atoms with van der Waals surface area (Å²) >= 11 is 11.7. The molecule has 0 radical (unpaired) electrons. The molecule has 2 rings (SSSR count). The van der Waals surface area contributed by atoms with Gasteiger partial charge in [-0.05, 0) is 24.6 Å². The van der Waals surface area contributed by atoms with E-state index in [1.165, 1.54) is 12.1 Å². The molecule has 1 aromatic carbocycles. The summed E-state index contributed by atoms with van der Waals surface area (Å²) in [5.74, 6) is -0.661. The van der Waals surface area contributed by atoms with Crippen LogP contribution < -0.4 is 10.6 Å². The third-order valence-electron chi connectivity index (χ3n) is 3.34. The first-order valence-corrected chi connectivity index (χ1v) is 7.57. The van der Waals surface area contributed by atoms with Crippen molar-refractivity contribution in [1.29, 1.82) is 0 Å². The van der Waals surface area contributed by atoms with Gasteiger partial charge in [-0.15, -0.1) is 0 Å². The van der Waals surface area contributed by atoms with Crippen LogP contribution in [0.25, 0.3) is 0 Å². The zero-order valence-electron chi connectivity index (χ0n) is 11.7. The first-order valence-electron chi connectivity index (χ1n) is 6.81. The van der Waals surface area contributed by atoms with E-state index in [-0.39, 0.29) is 41.6 Å². The van der Waals surface area contributed by atoms with Gasteiger partial charge < -0.3 is 15.7 Å². The molecule has 22 heavy (non-hydrogen) atoms. The zero-order chi connectivity index (χ0) is 16.1. The maximum absolute atomic E-state index is 12.0. The number of carbonyl (C=O) groups is 2. The van der Waals surface area contributed by atoms with E-state index in [2.05, 4.69) is 10.6 Å². The van der Waals surface area contributed by atoms with Crippen molar-refractivity contribution in [3.8, 4) is 0 Å². The van der Waals surface area contributed by atoms with Gasteiger partial charge in [0.1, 0.15) is 0 Å². The first-order chi connectivity index (χ1) is 10.5. The number of aliphatic hydroxyl groups excluding tert-OH is 1. The van der Waals surface area contributed by atoms with Crippen molar-refractivity contribution in [3.05, 3.63) is 46.0 Å². The molecule has 5 nitrogen and oxygen atoms in total. The number of nitrogens with one attached hydrogen (secondary N) is 2. The number of rotatable bonds is 5. The molecule has 1 aromatic rings. The summed E-state index contributed by atoms with van der Waals surface area (Å²) in [6, 6.07) is 4.42. The van der Waals surface area contributed by atoms with Crippen LogP contribution in [0.2, 0.25) is 10.0 Å². The van der Waals surface area contributed by atoms with Crippen molar-refractivity contribution in [1.82, 2.24) is 10.6 Å². The Kier molecular flexibility index (Phi) is 5.83. The molecule has 1 aliphatic rings. The van der Waals surface area contributed by atoms with Crippen molar-refractivity contribution in [2.45, 2.75) is 12.5 Å². The molecule has 0 spiro atoms. The fourth-order valence-electron chi connectivity index (χ4n) is 2.20. The Morgan fingerprint density at radius 1 is 1.27 bits per heavy atom. The third-order valence-corrected chi connectivity index (χ3v) is 3.89. The predicted octanol–water partition coefficient (Wildman–Crippen LogP) is 1.78. The van der Waals surface area contributed by atoms with Crippen molar-refractivity contribution in [3.63, 3.8) is 0 Å². The standard InChI is InChI=1S/C15H16Cl2N2O3/c16-10-2-4-12(13(17)6-10)15(22)18-7-14(21)19-11-3-1-9(5-11)8-20/h1-4,6,9,11,20H,5,7-8H2,(H,18,22)(H,19,21)/t9-,11+/m0/s1. The van der Waals surface area contributed by atoms with E-state index < -0.39 is 5.91 Å². The average molecular weight is 343 g/mol. The molecular weight excluding hydrogens is 327 g/mol. The van der Waals surface area contributed by atoms with Gasteiger partial charge in [0.15, 0.2) is 0 Å². The average Bonchev–Trinajstić information content (AvgIpc) is 2.92. The summed E-state index contributed by atoms with van der Waals surface area (Å²) in [6.45, 7) is -0.0827. The quantitative estimate of drug-likeness (QED) is 0.713. The summed E-state index contributed by atoms with van der Waals surface area (Å²) in [6.07, 6.45) is 4.38. The first kappa shape index (κ1) is 16.8. The van der Waals surface area contributed by atoms with Crippen molar-refractivity contribution >= 4 is 35.0 Å². The molecule has 0 fully saturated rings. The number of hydrogen-bond donors (Lipinski definition) is 3. The molecule has 0 bridgehead atoms. The van der Waals surface area contributed by atoms with E-state index in [9.17, 15) is 9.59 Å². The van der Waals surface area contributed by atoms with Crippen molar-refractivity contribution in [2.75, 3.05) is 13.2 Å². The lowest BCUT2D eigenvalue weighted by Crippen LogP contribution is -2.41. The van der Waals surface area contributed by atoms with Crippen LogP contribution in [0.1, 0.15) is 16.8 Å². The van der Waals surface area contributed by atoms with Gasteiger partial charge in [-0.3, -0.25) is 9.59 Å². The maximum atomic E-state index is 12.0. The van der Waals surface area contributed by atoms with E-state index in [0.29, 0.717) is 11.4 Å². The van der Waals surface area contributed by atoms with E-state index in [1.54, 1.807) is 6.07 Å². The number of carbonyl (C=O) groups excluding carboxylic acids is 2. The fourth-order valence-corrected chi connectivity index (χ4v) is 2.70. The fraction of sp³-hybridized carbons (Fsp3) is 0.333. The number of benzene rings is 1. The van der Waals surface area contributed by atoms with Gasteiger partial charge in [0.05, 0.1) is 17.1 Å². The van der Waals surface area contributed by atoms with Crippen LogP contribution in [-0.2, 0) is 4.79 Å². The molecule has 1 aliphatic carbocycles. The lowest BCUT2D eigenvalue weighted by atomic mass is 10.1. The molecule has 0 unspecified atom stereocenters. The van der Waals surface area contributed by atoms with Gasteiger partial charge in [-0.2, -0.15) is 0 Å². The topological polar surface area (TPSA) is 78.4 Å². The van der Waals surface area contributed by atoms with Crippen molar-refractivity contribution < 1.29 is 14.7 Å². The Labute approximate surface area is 138 Å². The molecule has 0 saturated carbocycles. The minimum Gasteiger partial charge on any atom is -0.396 e. The van der Waals surface area contributed by atoms with Crippen molar-refractivity contribution in [2.24, 2.45) is 5.92 Å². The molecule has 0 saturated heterocycles. The molecule has 118 valence electrons. The second-order valence-electron chi connectivity index (χ2n) is 5.04. The molecule has 2 atom stereocenters. The van der Waals surface area contributed by atoms with Crippen LogP contribution in [0, 0.1) is 5.92 Å². The largest absolute Gasteiger partial charge is 0.396 e. The van der Waals surface area contributed by atoms with Gasteiger partial charge in [0.2, 0.25) is 5.91 Å². The molecule has 0 aliphatic heterocycles. The highest BCUT2D eigenvalue weighted by Gasteiger charge is 2.20. The monoisotopic (exact) mass is 342 g/mol. The molecule has 0 heterocycles. The van der Waals surface area contributed by atoms with E-state index >= 15 is 0 Å². The smallest absolute Gasteiger partial charge is 0.253 e. The summed E-state index contributed by atoms with van der Waals surface area (Å²) in [5.41, 5.74) is 0.264. The Morgan fingerprint density at radius 3 is 2.68 bits per heavy atom. The van der Waals surface area contributed by atoms with Gasteiger partial charge >= 0.3 is 0 Å². The highest BCUT2D eigenvalue weighted by Crippen LogP contribution is 2.20.